The summed E-state index contributed by atoms with van der Waals surface area (Å²) in [4.78, 5) is 15.7. The van der Waals surface area contributed by atoms with Crippen LogP contribution in [-0.2, 0) is 16.4 Å². The Hall–Kier alpha value is -1.53. The van der Waals surface area contributed by atoms with E-state index in [1.165, 1.54) is 0 Å². The van der Waals surface area contributed by atoms with E-state index in [-0.39, 0.29) is 17.4 Å². The number of hydrogen-bond donors (Lipinski definition) is 1. The zero-order valence-electron chi connectivity index (χ0n) is 13.4. The lowest BCUT2D eigenvalue weighted by molar-refractivity contribution is -0.141. The molecule has 3 aliphatic rings. The Labute approximate surface area is 133 Å². The highest BCUT2D eigenvalue weighted by molar-refractivity contribution is 5.81. The van der Waals surface area contributed by atoms with E-state index in [9.17, 15) is 18.0 Å². The maximum Gasteiger partial charge on any atom is 0.434 e. The number of nitrogens with two attached hydrogens (primary N) is 1. The molecule has 3 saturated carbocycles. The van der Waals surface area contributed by atoms with Crippen LogP contribution in [0.2, 0.25) is 0 Å². The van der Waals surface area contributed by atoms with Crippen molar-refractivity contribution in [2.45, 2.75) is 70.0 Å². The highest BCUT2D eigenvalue weighted by Crippen LogP contribution is 2.57. The van der Waals surface area contributed by atoms with Crippen LogP contribution >= 0.6 is 0 Å². The number of fused-ring (bicyclic) bond motifs is 3. The van der Waals surface area contributed by atoms with Crippen LogP contribution in [0, 0.1) is 5.41 Å². The van der Waals surface area contributed by atoms with Crippen LogP contribution in [0.25, 0.3) is 0 Å². The third-order valence-electron chi connectivity index (χ3n) is 5.82. The lowest BCUT2D eigenvalue weighted by Crippen LogP contribution is -2.51. The minimum absolute atomic E-state index is 0.0901. The molecule has 23 heavy (non-hydrogen) atoms. The molecule has 1 aromatic rings. The molecule has 0 unspecified atom stereocenters. The molecule has 3 fully saturated rings. The van der Waals surface area contributed by atoms with E-state index in [4.69, 9.17) is 5.73 Å². The van der Waals surface area contributed by atoms with Gasteiger partial charge in [-0.15, -0.1) is 0 Å². The smallest absolute Gasteiger partial charge is 0.369 e. The molecule has 4 nitrogen and oxygen atoms in total. The van der Waals surface area contributed by atoms with Crippen molar-refractivity contribution in [1.29, 1.82) is 0 Å². The lowest BCUT2D eigenvalue weighted by atomic mass is 9.53. The SMILES string of the molecule is CC(C)n1cc(C(F)(F)F)nc1C12CCC(C(N)=O)(CC1)CC2. The summed E-state index contributed by atoms with van der Waals surface area (Å²) in [6.45, 7) is 3.72. The van der Waals surface area contributed by atoms with E-state index >= 15 is 0 Å². The Bertz CT molecular complexity index is 608. The molecule has 1 amide bonds. The summed E-state index contributed by atoms with van der Waals surface area (Å²) >= 11 is 0. The summed E-state index contributed by atoms with van der Waals surface area (Å²) in [6.07, 6.45) is 0.661. The summed E-state index contributed by atoms with van der Waals surface area (Å²) < 4.78 is 40.9. The van der Waals surface area contributed by atoms with E-state index in [1.807, 2.05) is 13.8 Å². The number of carbonyl (C=O) groups is 1. The summed E-state index contributed by atoms with van der Waals surface area (Å²) in [5.74, 6) is 0.256. The average Bonchev–Trinajstić information content (AvgIpc) is 2.95. The van der Waals surface area contributed by atoms with Crippen LogP contribution in [0.3, 0.4) is 0 Å². The number of imidazole rings is 1. The molecule has 4 rings (SSSR count). The van der Waals surface area contributed by atoms with Gasteiger partial charge >= 0.3 is 6.18 Å². The molecule has 0 radical (unpaired) electrons. The Kier molecular flexibility index (Phi) is 3.54. The Morgan fingerprint density at radius 1 is 1.22 bits per heavy atom. The normalized spacial score (nSPS) is 30.9. The summed E-state index contributed by atoms with van der Waals surface area (Å²) in [5.41, 5.74) is 3.91. The summed E-state index contributed by atoms with van der Waals surface area (Å²) in [7, 11) is 0. The first-order valence-corrected chi connectivity index (χ1v) is 8.06. The van der Waals surface area contributed by atoms with Crippen LogP contribution in [0.1, 0.15) is 69.9 Å². The highest BCUT2D eigenvalue weighted by Gasteiger charge is 2.54. The second kappa shape index (κ2) is 4.98. The van der Waals surface area contributed by atoms with E-state index < -0.39 is 17.3 Å². The summed E-state index contributed by atoms with van der Waals surface area (Å²) in [6, 6.07) is -0.0901. The monoisotopic (exact) mass is 329 g/mol. The third kappa shape index (κ3) is 2.44. The van der Waals surface area contributed by atoms with Gasteiger partial charge in [0.05, 0.1) is 0 Å². The van der Waals surface area contributed by atoms with Crippen molar-refractivity contribution in [1.82, 2.24) is 9.55 Å². The van der Waals surface area contributed by atoms with Crippen LogP contribution in [0.15, 0.2) is 6.20 Å². The number of alkyl halides is 3. The van der Waals surface area contributed by atoms with Gasteiger partial charge in [0.2, 0.25) is 5.91 Å². The molecule has 0 spiro atoms. The van der Waals surface area contributed by atoms with Gasteiger partial charge in [0.25, 0.3) is 0 Å². The van der Waals surface area contributed by atoms with Gasteiger partial charge in [-0.1, -0.05) is 0 Å². The minimum Gasteiger partial charge on any atom is -0.369 e. The molecule has 128 valence electrons. The number of halogens is 3. The molecule has 0 saturated heterocycles. The highest BCUT2D eigenvalue weighted by atomic mass is 19.4. The van der Waals surface area contributed by atoms with E-state index in [2.05, 4.69) is 4.98 Å². The second-order valence-corrected chi connectivity index (χ2v) is 7.37. The fourth-order valence-corrected chi connectivity index (χ4v) is 4.21. The fraction of sp³-hybridized carbons (Fsp3) is 0.750. The number of hydrogen-bond acceptors (Lipinski definition) is 2. The van der Waals surface area contributed by atoms with Crippen molar-refractivity contribution < 1.29 is 18.0 Å². The number of carbonyl (C=O) groups excluding carboxylic acids is 1. The molecular formula is C16H22F3N3O. The van der Waals surface area contributed by atoms with Gasteiger partial charge in [0.1, 0.15) is 5.82 Å². The second-order valence-electron chi connectivity index (χ2n) is 7.37. The Balaban J connectivity index is 2.00. The predicted molar refractivity (Wildman–Crippen MR) is 78.6 cm³/mol. The molecule has 0 atom stereocenters. The molecular weight excluding hydrogens is 307 g/mol. The number of rotatable bonds is 3. The topological polar surface area (TPSA) is 60.9 Å². The van der Waals surface area contributed by atoms with Crippen molar-refractivity contribution in [3.8, 4) is 0 Å². The van der Waals surface area contributed by atoms with Crippen LogP contribution in [0.5, 0.6) is 0 Å². The number of amides is 1. The van der Waals surface area contributed by atoms with Gasteiger partial charge in [-0.05, 0) is 52.4 Å². The van der Waals surface area contributed by atoms with Crippen molar-refractivity contribution in [3.05, 3.63) is 17.7 Å². The maximum atomic E-state index is 13.1. The van der Waals surface area contributed by atoms with Gasteiger partial charge in [-0.3, -0.25) is 4.79 Å². The van der Waals surface area contributed by atoms with Crippen LogP contribution in [0.4, 0.5) is 13.2 Å². The molecule has 2 bridgehead atoms. The average molecular weight is 329 g/mol. The van der Waals surface area contributed by atoms with E-state index in [0.29, 0.717) is 44.3 Å². The number of nitrogens with zero attached hydrogens (tertiary/aromatic N) is 2. The standard InChI is InChI=1S/C16H22F3N3O/c1-10(2)22-9-11(16(17,18)19)21-13(22)15-6-3-14(4-7-15,5-8-15)12(20)23/h9-10H,3-8H2,1-2H3,(H2,20,23). The zero-order chi connectivity index (χ0) is 17.0. The summed E-state index contributed by atoms with van der Waals surface area (Å²) in [5, 5.41) is 0. The molecule has 2 N–H and O–H groups in total. The number of aromatic nitrogens is 2. The molecule has 3 aliphatic carbocycles. The van der Waals surface area contributed by atoms with Crippen molar-refractivity contribution in [2.75, 3.05) is 0 Å². The first-order chi connectivity index (χ1) is 10.6. The third-order valence-corrected chi connectivity index (χ3v) is 5.82. The molecule has 1 heterocycles. The van der Waals surface area contributed by atoms with Gasteiger partial charge in [0, 0.05) is 23.1 Å². The molecule has 7 heteroatoms. The predicted octanol–water partition coefficient (Wildman–Crippen LogP) is 3.56. The molecule has 1 aromatic heterocycles. The first kappa shape index (κ1) is 16.3. The quantitative estimate of drug-likeness (QED) is 0.921. The fourth-order valence-electron chi connectivity index (χ4n) is 4.21. The van der Waals surface area contributed by atoms with E-state index in [0.717, 1.165) is 6.20 Å². The Morgan fingerprint density at radius 2 is 1.74 bits per heavy atom. The minimum atomic E-state index is -4.44. The van der Waals surface area contributed by atoms with Gasteiger partial charge in [-0.25, -0.2) is 4.98 Å². The van der Waals surface area contributed by atoms with Gasteiger partial charge < -0.3 is 10.3 Å². The van der Waals surface area contributed by atoms with Crippen LogP contribution < -0.4 is 5.73 Å². The lowest BCUT2D eigenvalue weighted by Gasteiger charge is -2.51. The maximum absolute atomic E-state index is 13.1. The van der Waals surface area contributed by atoms with E-state index in [1.54, 1.807) is 4.57 Å². The Morgan fingerprint density at radius 3 is 2.13 bits per heavy atom. The van der Waals surface area contributed by atoms with Gasteiger partial charge in [-0.2, -0.15) is 13.2 Å². The van der Waals surface area contributed by atoms with Crippen molar-refractivity contribution in [3.63, 3.8) is 0 Å². The number of primary amides is 1. The first-order valence-electron chi connectivity index (χ1n) is 8.06. The molecule has 0 aromatic carbocycles. The van der Waals surface area contributed by atoms with Crippen molar-refractivity contribution >= 4 is 5.91 Å². The van der Waals surface area contributed by atoms with Crippen molar-refractivity contribution in [2.24, 2.45) is 11.1 Å². The van der Waals surface area contributed by atoms with Crippen LogP contribution in [-0.4, -0.2) is 15.5 Å². The van der Waals surface area contributed by atoms with Gasteiger partial charge in [0.15, 0.2) is 5.69 Å². The molecule has 0 aliphatic heterocycles. The zero-order valence-corrected chi connectivity index (χ0v) is 13.4. The largest absolute Gasteiger partial charge is 0.434 e.